The topological polar surface area (TPSA) is 117 Å². The third kappa shape index (κ3) is 5.22. The summed E-state index contributed by atoms with van der Waals surface area (Å²) in [6, 6.07) is 4.20. The second-order valence-corrected chi connectivity index (χ2v) is 10.1. The number of hydrogen-bond acceptors (Lipinski definition) is 6. The Balaban J connectivity index is 2.40. The zero-order valence-corrected chi connectivity index (χ0v) is 17.6. The van der Waals surface area contributed by atoms with Crippen molar-refractivity contribution in [3.8, 4) is 0 Å². The molecule has 0 bridgehead atoms. The number of carbonyl (C=O) groups excluding carboxylic acids is 1. The van der Waals surface area contributed by atoms with E-state index in [1.807, 2.05) is 27.7 Å². The van der Waals surface area contributed by atoms with Gasteiger partial charge in [-0.2, -0.15) is 0 Å². The van der Waals surface area contributed by atoms with Crippen molar-refractivity contribution < 1.29 is 27.3 Å². The molecule has 1 aromatic carbocycles. The average Bonchev–Trinajstić information content (AvgIpc) is 2.64. The smallest absolute Gasteiger partial charge is 0.444 e. The van der Waals surface area contributed by atoms with Crippen LogP contribution in [0.5, 0.6) is 0 Å². The summed E-state index contributed by atoms with van der Waals surface area (Å²) in [6.07, 6.45) is -0.714. The van der Waals surface area contributed by atoms with Gasteiger partial charge in [-0.1, -0.05) is 0 Å². The van der Waals surface area contributed by atoms with Crippen molar-refractivity contribution in [3.05, 3.63) is 18.2 Å². The van der Waals surface area contributed by atoms with Crippen LogP contribution in [0, 0.1) is 0 Å². The molecule has 2 rings (SSSR count). The molecular formula is C17H27BN2O6S. The van der Waals surface area contributed by atoms with Crippen LogP contribution in [0.1, 0.15) is 48.5 Å². The third-order valence-corrected chi connectivity index (χ3v) is 5.32. The molecule has 1 aliphatic heterocycles. The normalized spacial score (nSPS) is 19.0. The van der Waals surface area contributed by atoms with Gasteiger partial charge in [-0.25, -0.2) is 18.4 Å². The molecule has 0 unspecified atom stereocenters. The number of hydrogen-bond donors (Lipinski definition) is 2. The maximum absolute atomic E-state index is 12.1. The number of nitrogens with two attached hydrogens (primary N) is 1. The fraction of sp³-hybridized carbons (Fsp3) is 0.588. The molecule has 1 aliphatic rings. The number of amides is 1. The van der Waals surface area contributed by atoms with Crippen LogP contribution in [0.3, 0.4) is 0 Å². The Kier molecular flexibility index (Phi) is 5.44. The maximum Gasteiger partial charge on any atom is 0.494 e. The van der Waals surface area contributed by atoms with E-state index in [2.05, 4.69) is 5.32 Å². The lowest BCUT2D eigenvalue weighted by atomic mass is 9.79. The van der Waals surface area contributed by atoms with E-state index < -0.39 is 40.0 Å². The van der Waals surface area contributed by atoms with Gasteiger partial charge in [-0.05, 0) is 72.1 Å². The SMILES string of the molecule is CC(C)(C)OC(=O)Nc1cc(B2OC(C)(C)C(C)(C)O2)cc(S(N)(=O)=O)c1. The first-order valence-corrected chi connectivity index (χ1v) is 10.1. The number of rotatable bonds is 3. The van der Waals surface area contributed by atoms with Gasteiger partial charge in [0.25, 0.3) is 0 Å². The van der Waals surface area contributed by atoms with E-state index in [-0.39, 0.29) is 10.6 Å². The molecule has 0 aromatic heterocycles. The Hall–Kier alpha value is -1.62. The van der Waals surface area contributed by atoms with Gasteiger partial charge >= 0.3 is 13.2 Å². The second kappa shape index (κ2) is 6.77. The lowest BCUT2D eigenvalue weighted by Gasteiger charge is -2.32. The van der Waals surface area contributed by atoms with Gasteiger partial charge in [0.1, 0.15) is 5.60 Å². The standard InChI is InChI=1S/C17H27BN2O6S/c1-15(2,3)24-14(21)20-12-8-11(9-13(10-12)27(19,22)23)18-25-16(4,5)17(6,7)26-18/h8-10H,1-7H3,(H,20,21)(H2,19,22,23). The van der Waals surface area contributed by atoms with Gasteiger partial charge in [-0.15, -0.1) is 0 Å². The van der Waals surface area contributed by atoms with Crippen LogP contribution < -0.4 is 15.9 Å². The minimum Gasteiger partial charge on any atom is -0.444 e. The van der Waals surface area contributed by atoms with E-state index in [0.29, 0.717) is 5.46 Å². The highest BCUT2D eigenvalue weighted by Crippen LogP contribution is 2.36. The number of nitrogens with one attached hydrogen (secondary N) is 1. The van der Waals surface area contributed by atoms with Crippen molar-refractivity contribution in [2.45, 2.75) is 70.2 Å². The zero-order chi connectivity index (χ0) is 20.8. The molecule has 1 aromatic rings. The Morgan fingerprint density at radius 1 is 1.11 bits per heavy atom. The van der Waals surface area contributed by atoms with Crippen molar-refractivity contribution in [3.63, 3.8) is 0 Å². The van der Waals surface area contributed by atoms with Gasteiger partial charge in [-0.3, -0.25) is 5.32 Å². The van der Waals surface area contributed by atoms with Crippen LogP contribution in [-0.4, -0.2) is 38.4 Å². The molecule has 1 fully saturated rings. The fourth-order valence-electron chi connectivity index (χ4n) is 2.40. The van der Waals surface area contributed by atoms with Gasteiger partial charge in [0.2, 0.25) is 10.0 Å². The summed E-state index contributed by atoms with van der Waals surface area (Å²) in [5, 5.41) is 7.80. The minimum atomic E-state index is -4.01. The third-order valence-electron chi connectivity index (χ3n) is 4.43. The largest absolute Gasteiger partial charge is 0.494 e. The molecule has 1 saturated heterocycles. The molecule has 0 spiro atoms. The first-order chi connectivity index (χ1) is 12.0. The molecule has 1 amide bonds. The molecule has 3 N–H and O–H groups in total. The van der Waals surface area contributed by atoms with Crippen molar-refractivity contribution in [1.82, 2.24) is 0 Å². The van der Waals surface area contributed by atoms with Crippen molar-refractivity contribution in [2.75, 3.05) is 5.32 Å². The molecule has 150 valence electrons. The molecule has 8 nitrogen and oxygen atoms in total. The maximum atomic E-state index is 12.1. The summed E-state index contributed by atoms with van der Waals surface area (Å²) in [6.45, 7) is 12.7. The second-order valence-electron chi connectivity index (χ2n) is 8.55. The van der Waals surface area contributed by atoms with Crippen LogP contribution in [0.4, 0.5) is 10.5 Å². The summed E-state index contributed by atoms with van der Waals surface area (Å²) in [4.78, 5) is 11.9. The monoisotopic (exact) mass is 398 g/mol. The highest BCUT2D eigenvalue weighted by molar-refractivity contribution is 7.89. The van der Waals surface area contributed by atoms with Crippen LogP contribution in [0.25, 0.3) is 0 Å². The fourth-order valence-corrected chi connectivity index (χ4v) is 2.99. The molecule has 0 atom stereocenters. The van der Waals surface area contributed by atoms with Crippen LogP contribution in [0.2, 0.25) is 0 Å². The Morgan fingerprint density at radius 2 is 1.63 bits per heavy atom. The van der Waals surface area contributed by atoms with Crippen molar-refractivity contribution >= 4 is 34.4 Å². The van der Waals surface area contributed by atoms with Gasteiger partial charge in [0, 0.05) is 5.69 Å². The van der Waals surface area contributed by atoms with E-state index in [1.54, 1.807) is 26.8 Å². The summed E-state index contributed by atoms with van der Waals surface area (Å²) in [7, 11) is -4.82. The summed E-state index contributed by atoms with van der Waals surface area (Å²) >= 11 is 0. The lowest BCUT2D eigenvalue weighted by molar-refractivity contribution is 0.00578. The first kappa shape index (κ1) is 21.7. The first-order valence-electron chi connectivity index (χ1n) is 8.54. The number of benzene rings is 1. The number of primary sulfonamides is 1. The molecule has 10 heteroatoms. The Labute approximate surface area is 160 Å². The van der Waals surface area contributed by atoms with E-state index in [9.17, 15) is 13.2 Å². The number of carbonyl (C=O) groups is 1. The lowest BCUT2D eigenvalue weighted by Crippen LogP contribution is -2.41. The predicted octanol–water partition coefficient (Wildman–Crippen LogP) is 1.98. The molecular weight excluding hydrogens is 371 g/mol. The summed E-state index contributed by atoms with van der Waals surface area (Å²) in [5.41, 5.74) is -1.27. The predicted molar refractivity (Wildman–Crippen MR) is 103 cm³/mol. The summed E-state index contributed by atoms with van der Waals surface area (Å²) in [5.74, 6) is 0. The Morgan fingerprint density at radius 3 is 2.07 bits per heavy atom. The van der Waals surface area contributed by atoms with E-state index in [4.69, 9.17) is 19.2 Å². The Bertz CT molecular complexity index is 829. The molecule has 0 radical (unpaired) electrons. The van der Waals surface area contributed by atoms with Crippen molar-refractivity contribution in [2.24, 2.45) is 5.14 Å². The number of ether oxygens (including phenoxy) is 1. The quantitative estimate of drug-likeness (QED) is 0.752. The van der Waals surface area contributed by atoms with E-state index in [0.717, 1.165) is 0 Å². The van der Waals surface area contributed by atoms with Crippen LogP contribution >= 0.6 is 0 Å². The number of anilines is 1. The average molecular weight is 398 g/mol. The number of sulfonamides is 1. The minimum absolute atomic E-state index is 0.166. The van der Waals surface area contributed by atoms with E-state index in [1.165, 1.54) is 12.1 Å². The molecule has 0 aliphatic carbocycles. The van der Waals surface area contributed by atoms with Crippen LogP contribution in [-0.2, 0) is 24.1 Å². The van der Waals surface area contributed by atoms with Gasteiger partial charge in [0.05, 0.1) is 16.1 Å². The van der Waals surface area contributed by atoms with Crippen molar-refractivity contribution in [1.29, 1.82) is 0 Å². The van der Waals surface area contributed by atoms with Gasteiger partial charge in [0.15, 0.2) is 0 Å². The van der Waals surface area contributed by atoms with Crippen LogP contribution in [0.15, 0.2) is 23.1 Å². The molecule has 27 heavy (non-hydrogen) atoms. The highest BCUT2D eigenvalue weighted by Gasteiger charge is 2.51. The zero-order valence-electron chi connectivity index (χ0n) is 16.7. The molecule has 1 heterocycles. The van der Waals surface area contributed by atoms with E-state index >= 15 is 0 Å². The van der Waals surface area contributed by atoms with Gasteiger partial charge < -0.3 is 14.0 Å². The molecule has 0 saturated carbocycles. The summed E-state index contributed by atoms with van der Waals surface area (Å²) < 4.78 is 40.9. The highest BCUT2D eigenvalue weighted by atomic mass is 32.2.